The van der Waals surface area contributed by atoms with Crippen LogP contribution >= 0.6 is 11.6 Å². The molecule has 138 valence electrons. The topological polar surface area (TPSA) is 58.6 Å². The van der Waals surface area contributed by atoms with Crippen molar-refractivity contribution in [3.05, 3.63) is 64.7 Å². The van der Waals surface area contributed by atoms with Gasteiger partial charge in [-0.15, -0.1) is 0 Å². The van der Waals surface area contributed by atoms with E-state index >= 15 is 0 Å². The number of nitrogens with one attached hydrogen (secondary N) is 1. The van der Waals surface area contributed by atoms with Gasteiger partial charge in [0.15, 0.2) is 6.61 Å². The van der Waals surface area contributed by atoms with E-state index in [1.807, 2.05) is 42.5 Å². The molecule has 26 heavy (non-hydrogen) atoms. The predicted octanol–water partition coefficient (Wildman–Crippen LogP) is 4.79. The Hall–Kier alpha value is -2.04. The van der Waals surface area contributed by atoms with Gasteiger partial charge in [-0.1, -0.05) is 35.9 Å². The first kappa shape index (κ1) is 18.7. The van der Waals surface area contributed by atoms with Gasteiger partial charge in [-0.2, -0.15) is 0 Å². The molecule has 1 fully saturated rings. The molecule has 4 nitrogen and oxygen atoms in total. The molecule has 2 aromatic carbocycles. The molecule has 3 rings (SSSR count). The summed E-state index contributed by atoms with van der Waals surface area (Å²) < 4.78 is 5.19. The third kappa shape index (κ3) is 4.99. The monoisotopic (exact) mass is 373 g/mol. The van der Waals surface area contributed by atoms with Gasteiger partial charge in [0.05, 0.1) is 0 Å². The van der Waals surface area contributed by atoms with Gasteiger partial charge in [-0.25, -0.2) is 4.79 Å². The Bertz CT molecular complexity index is 747. The van der Waals surface area contributed by atoms with Gasteiger partial charge in [0, 0.05) is 17.1 Å². The first-order valence-electron chi connectivity index (χ1n) is 8.97. The van der Waals surface area contributed by atoms with E-state index in [0.717, 1.165) is 24.3 Å². The molecule has 0 aliphatic heterocycles. The van der Waals surface area contributed by atoms with Crippen LogP contribution < -0.4 is 10.1 Å². The number of aliphatic carboxylic acids is 1. The number of halogens is 1. The summed E-state index contributed by atoms with van der Waals surface area (Å²) in [5.41, 5.74) is 2.49. The molecule has 0 aromatic heterocycles. The number of carboxylic acid groups (broad SMARTS) is 1. The minimum atomic E-state index is -0.965. The van der Waals surface area contributed by atoms with Crippen LogP contribution in [0.3, 0.4) is 0 Å². The van der Waals surface area contributed by atoms with Crippen molar-refractivity contribution in [2.75, 3.05) is 6.61 Å². The molecular weight excluding hydrogens is 350 g/mol. The lowest BCUT2D eigenvalue weighted by Crippen LogP contribution is -2.29. The van der Waals surface area contributed by atoms with E-state index in [4.69, 9.17) is 21.4 Å². The van der Waals surface area contributed by atoms with Gasteiger partial charge in [-0.05, 0) is 67.5 Å². The fourth-order valence-corrected chi connectivity index (χ4v) is 3.84. The van der Waals surface area contributed by atoms with Crippen LogP contribution in [-0.2, 0) is 4.79 Å². The number of hydrogen-bond donors (Lipinski definition) is 2. The van der Waals surface area contributed by atoms with Crippen molar-refractivity contribution in [1.29, 1.82) is 0 Å². The smallest absolute Gasteiger partial charge is 0.341 e. The highest BCUT2D eigenvalue weighted by atomic mass is 35.5. The van der Waals surface area contributed by atoms with Crippen molar-refractivity contribution < 1.29 is 14.6 Å². The number of hydrogen-bond acceptors (Lipinski definition) is 3. The van der Waals surface area contributed by atoms with Gasteiger partial charge in [0.25, 0.3) is 0 Å². The van der Waals surface area contributed by atoms with Crippen LogP contribution in [-0.4, -0.2) is 23.7 Å². The summed E-state index contributed by atoms with van der Waals surface area (Å²) >= 11 is 6.09. The van der Waals surface area contributed by atoms with E-state index in [-0.39, 0.29) is 12.6 Å². The zero-order valence-electron chi connectivity index (χ0n) is 14.8. The molecular formula is C21H24ClNO3. The Morgan fingerprint density at radius 3 is 2.73 bits per heavy atom. The van der Waals surface area contributed by atoms with Crippen molar-refractivity contribution in [2.45, 2.75) is 44.2 Å². The first-order valence-corrected chi connectivity index (χ1v) is 9.35. The van der Waals surface area contributed by atoms with Gasteiger partial charge in [0.1, 0.15) is 5.75 Å². The lowest BCUT2D eigenvalue weighted by atomic mass is 9.97. The second-order valence-corrected chi connectivity index (χ2v) is 7.34. The third-order valence-electron chi connectivity index (χ3n) is 4.98. The average Bonchev–Trinajstić information content (AvgIpc) is 3.09. The van der Waals surface area contributed by atoms with Crippen molar-refractivity contribution in [2.24, 2.45) is 0 Å². The predicted molar refractivity (Wildman–Crippen MR) is 103 cm³/mol. The summed E-state index contributed by atoms with van der Waals surface area (Å²) in [6.07, 6.45) is 3.39. The van der Waals surface area contributed by atoms with Crippen LogP contribution in [0, 0.1) is 0 Å². The van der Waals surface area contributed by atoms with Crippen molar-refractivity contribution in [3.8, 4) is 5.75 Å². The van der Waals surface area contributed by atoms with E-state index < -0.39 is 5.97 Å². The maximum absolute atomic E-state index is 10.6. The van der Waals surface area contributed by atoms with Gasteiger partial charge in [0.2, 0.25) is 0 Å². The summed E-state index contributed by atoms with van der Waals surface area (Å²) in [5.74, 6) is 0.151. The fraction of sp³-hybridized carbons (Fsp3) is 0.381. The molecule has 0 saturated heterocycles. The Morgan fingerprint density at radius 1 is 1.27 bits per heavy atom. The number of benzene rings is 2. The minimum absolute atomic E-state index is 0.268. The summed E-state index contributed by atoms with van der Waals surface area (Å²) in [4.78, 5) is 10.6. The molecule has 0 spiro atoms. The van der Waals surface area contributed by atoms with Crippen LogP contribution in [0.25, 0.3) is 0 Å². The van der Waals surface area contributed by atoms with Crippen LogP contribution in [0.15, 0.2) is 48.5 Å². The van der Waals surface area contributed by atoms with Gasteiger partial charge in [-0.3, -0.25) is 0 Å². The number of rotatable bonds is 7. The highest BCUT2D eigenvalue weighted by molar-refractivity contribution is 6.30. The Labute approximate surface area is 159 Å². The SMILES string of the molecule is C[C@@H](N[C@H]1CC[C@@H](c2ccc(OCC(=O)O)cc2)C1)c1cccc(Cl)c1. The van der Waals surface area contributed by atoms with Crippen molar-refractivity contribution in [1.82, 2.24) is 5.32 Å². The highest BCUT2D eigenvalue weighted by Crippen LogP contribution is 2.36. The van der Waals surface area contributed by atoms with E-state index in [0.29, 0.717) is 17.7 Å². The number of carbonyl (C=O) groups is 1. The standard InChI is InChI=1S/C21H24ClNO3/c1-14(16-3-2-4-18(22)11-16)23-19-8-5-17(12-19)15-6-9-20(10-7-15)26-13-21(24)25/h2-4,6-7,9-11,14,17,19,23H,5,8,12-13H2,1H3,(H,24,25)/t14-,17-,19+/m1/s1. The van der Waals surface area contributed by atoms with E-state index in [9.17, 15) is 4.79 Å². The summed E-state index contributed by atoms with van der Waals surface area (Å²) in [6, 6.07) is 16.6. The average molecular weight is 374 g/mol. The van der Waals surface area contributed by atoms with Crippen LogP contribution in [0.2, 0.25) is 5.02 Å². The summed E-state index contributed by atoms with van der Waals surface area (Å²) in [5, 5.41) is 13.1. The van der Waals surface area contributed by atoms with Crippen molar-refractivity contribution >= 4 is 17.6 Å². The summed E-state index contributed by atoms with van der Waals surface area (Å²) in [7, 11) is 0. The van der Waals surface area contributed by atoms with E-state index in [1.54, 1.807) is 0 Å². The van der Waals surface area contributed by atoms with E-state index in [1.165, 1.54) is 11.1 Å². The zero-order chi connectivity index (χ0) is 18.5. The molecule has 0 unspecified atom stereocenters. The Balaban J connectivity index is 1.54. The van der Waals surface area contributed by atoms with E-state index in [2.05, 4.69) is 18.3 Å². The molecule has 2 aromatic rings. The molecule has 2 N–H and O–H groups in total. The Kier molecular flexibility index (Phi) is 6.17. The second-order valence-electron chi connectivity index (χ2n) is 6.90. The zero-order valence-corrected chi connectivity index (χ0v) is 15.6. The number of carboxylic acids is 1. The first-order chi connectivity index (χ1) is 12.5. The maximum atomic E-state index is 10.6. The van der Waals surface area contributed by atoms with Crippen LogP contribution in [0.5, 0.6) is 5.75 Å². The molecule has 5 heteroatoms. The third-order valence-corrected chi connectivity index (χ3v) is 5.22. The largest absolute Gasteiger partial charge is 0.482 e. The fourth-order valence-electron chi connectivity index (χ4n) is 3.64. The molecule has 0 radical (unpaired) electrons. The second kappa shape index (κ2) is 8.56. The molecule has 1 saturated carbocycles. The molecule has 0 bridgehead atoms. The minimum Gasteiger partial charge on any atom is -0.482 e. The highest BCUT2D eigenvalue weighted by Gasteiger charge is 2.27. The molecule has 1 aliphatic rings. The quantitative estimate of drug-likeness (QED) is 0.732. The van der Waals surface area contributed by atoms with Crippen LogP contribution in [0.4, 0.5) is 0 Å². The maximum Gasteiger partial charge on any atom is 0.341 e. The molecule has 0 heterocycles. The van der Waals surface area contributed by atoms with Gasteiger partial charge < -0.3 is 15.2 Å². The summed E-state index contributed by atoms with van der Waals surface area (Å²) in [6.45, 7) is 1.86. The Morgan fingerprint density at radius 2 is 2.04 bits per heavy atom. The number of ether oxygens (including phenoxy) is 1. The molecule has 3 atom stereocenters. The van der Waals surface area contributed by atoms with Crippen LogP contribution in [0.1, 0.15) is 49.3 Å². The lowest BCUT2D eigenvalue weighted by molar-refractivity contribution is -0.139. The lowest BCUT2D eigenvalue weighted by Gasteiger charge is -2.20. The molecule has 1 aliphatic carbocycles. The normalized spacial score (nSPS) is 20.7. The van der Waals surface area contributed by atoms with Crippen molar-refractivity contribution in [3.63, 3.8) is 0 Å². The molecule has 0 amide bonds. The van der Waals surface area contributed by atoms with Gasteiger partial charge >= 0.3 is 5.97 Å².